The minimum absolute atomic E-state index is 0.0248. The molecule has 2 fully saturated rings. The summed E-state index contributed by atoms with van der Waals surface area (Å²) in [6, 6.07) is -0.0775. The lowest BCUT2D eigenvalue weighted by molar-refractivity contribution is 0.0695. The van der Waals surface area contributed by atoms with Crippen molar-refractivity contribution in [3.8, 4) is 5.75 Å². The number of aromatic carboxylic acids is 1. The maximum absolute atomic E-state index is 15.5. The highest BCUT2D eigenvalue weighted by Gasteiger charge is 2.34. The first kappa shape index (κ1) is 19.5. The molecule has 1 aromatic heterocycles. The van der Waals surface area contributed by atoms with Gasteiger partial charge in [-0.15, -0.1) is 0 Å². The maximum Gasteiger partial charge on any atom is 0.341 e. The van der Waals surface area contributed by atoms with Crippen LogP contribution in [-0.4, -0.2) is 41.4 Å². The van der Waals surface area contributed by atoms with E-state index in [9.17, 15) is 14.7 Å². The summed E-state index contributed by atoms with van der Waals surface area (Å²) in [5.41, 5.74) is 11.2. The molecular weight excluding hydrogens is 379 g/mol. The minimum Gasteiger partial charge on any atom is -0.489 e. The Kier molecular flexibility index (Phi) is 4.85. The summed E-state index contributed by atoms with van der Waals surface area (Å²) < 4.78 is 23.1. The van der Waals surface area contributed by atoms with Gasteiger partial charge in [-0.05, 0) is 32.6 Å². The van der Waals surface area contributed by atoms with Gasteiger partial charge in [0.2, 0.25) is 5.43 Å². The highest BCUT2D eigenvalue weighted by Crippen LogP contribution is 2.46. The number of nitrogen functional groups attached to an aromatic ring is 1. The molecule has 1 saturated heterocycles. The van der Waals surface area contributed by atoms with E-state index in [2.05, 4.69) is 0 Å². The van der Waals surface area contributed by atoms with Crippen LogP contribution in [-0.2, 0) is 0 Å². The van der Waals surface area contributed by atoms with E-state index < -0.39 is 22.8 Å². The average molecular weight is 404 g/mol. The number of carboxylic acids is 1. The Morgan fingerprint density at radius 3 is 2.69 bits per heavy atom. The number of halogens is 1. The lowest BCUT2D eigenvalue weighted by Gasteiger charge is -2.34. The molecule has 1 aromatic carbocycles. The second-order valence-electron chi connectivity index (χ2n) is 7.73. The standard InChI is InChI=1S/C20H25FN4O4/c1-2-29-19-16-13(18(26)12(20(27)28)9-25(16)11-5-6-11)15(23)14(21)17(19)24-7-3-4-10(22)8-24/h9-11H,2-8,22-23H2,1H3,(H,27,28). The van der Waals surface area contributed by atoms with E-state index in [4.69, 9.17) is 16.2 Å². The molecule has 8 nitrogen and oxygen atoms in total. The summed E-state index contributed by atoms with van der Waals surface area (Å²) >= 11 is 0. The molecular formula is C20H25FN4O4. The predicted octanol–water partition coefficient (Wildman–Crippen LogP) is 2.08. The van der Waals surface area contributed by atoms with Crippen LogP contribution in [0.25, 0.3) is 10.9 Å². The van der Waals surface area contributed by atoms with Gasteiger partial charge in [0.25, 0.3) is 0 Å². The molecule has 156 valence electrons. The Morgan fingerprint density at radius 1 is 1.38 bits per heavy atom. The Labute approximate surface area is 166 Å². The van der Waals surface area contributed by atoms with Crippen LogP contribution in [0, 0.1) is 5.82 Å². The predicted molar refractivity (Wildman–Crippen MR) is 108 cm³/mol. The fourth-order valence-corrected chi connectivity index (χ4v) is 4.13. The molecule has 5 N–H and O–H groups in total. The van der Waals surface area contributed by atoms with E-state index in [1.807, 2.05) is 4.90 Å². The molecule has 1 saturated carbocycles. The first-order valence-corrected chi connectivity index (χ1v) is 9.91. The van der Waals surface area contributed by atoms with Crippen LogP contribution in [0.1, 0.15) is 49.0 Å². The molecule has 4 rings (SSSR count). The largest absolute Gasteiger partial charge is 0.489 e. The summed E-state index contributed by atoms with van der Waals surface area (Å²) in [6.45, 7) is 3.07. The van der Waals surface area contributed by atoms with Gasteiger partial charge in [-0.3, -0.25) is 4.79 Å². The van der Waals surface area contributed by atoms with Crippen molar-refractivity contribution >= 4 is 28.2 Å². The van der Waals surface area contributed by atoms with Crippen molar-refractivity contribution in [1.82, 2.24) is 4.57 Å². The third kappa shape index (κ3) is 3.19. The Balaban J connectivity index is 2.10. The zero-order valence-electron chi connectivity index (χ0n) is 16.3. The topological polar surface area (TPSA) is 124 Å². The van der Waals surface area contributed by atoms with Crippen molar-refractivity contribution in [3.63, 3.8) is 0 Å². The molecule has 0 radical (unpaired) electrons. The van der Waals surface area contributed by atoms with Crippen LogP contribution in [0.2, 0.25) is 0 Å². The van der Waals surface area contributed by atoms with E-state index >= 15 is 4.39 Å². The van der Waals surface area contributed by atoms with Gasteiger partial charge in [-0.1, -0.05) is 0 Å². The molecule has 0 amide bonds. The number of piperidine rings is 1. The number of carboxylic acid groups (broad SMARTS) is 1. The van der Waals surface area contributed by atoms with Gasteiger partial charge in [-0.25, -0.2) is 9.18 Å². The molecule has 2 aromatic rings. The molecule has 1 aliphatic heterocycles. The number of ether oxygens (including phenoxy) is 1. The van der Waals surface area contributed by atoms with Gasteiger partial charge in [0.05, 0.1) is 23.2 Å². The monoisotopic (exact) mass is 404 g/mol. The van der Waals surface area contributed by atoms with Gasteiger partial charge >= 0.3 is 5.97 Å². The number of hydrogen-bond acceptors (Lipinski definition) is 6. The SMILES string of the molecule is CCOc1c(N2CCCC(N)C2)c(F)c(N)c2c(=O)c(C(=O)O)cn(C3CC3)c12. The molecule has 2 heterocycles. The smallest absolute Gasteiger partial charge is 0.341 e. The van der Waals surface area contributed by atoms with E-state index in [1.165, 1.54) is 6.20 Å². The molecule has 2 aliphatic rings. The summed E-state index contributed by atoms with van der Waals surface area (Å²) in [4.78, 5) is 26.3. The van der Waals surface area contributed by atoms with Crippen molar-refractivity contribution in [2.45, 2.75) is 44.7 Å². The van der Waals surface area contributed by atoms with Crippen molar-refractivity contribution in [2.75, 3.05) is 30.3 Å². The molecule has 0 bridgehead atoms. The third-order valence-corrected chi connectivity index (χ3v) is 5.61. The number of nitrogens with two attached hydrogens (primary N) is 2. The number of benzene rings is 1. The number of pyridine rings is 1. The molecule has 9 heteroatoms. The van der Waals surface area contributed by atoms with Gasteiger partial charge in [0.15, 0.2) is 11.6 Å². The average Bonchev–Trinajstić information content (AvgIpc) is 3.50. The number of nitrogens with zero attached hydrogens (tertiary/aromatic N) is 2. The number of rotatable bonds is 5. The van der Waals surface area contributed by atoms with Gasteiger partial charge in [0.1, 0.15) is 11.3 Å². The Bertz CT molecular complexity index is 1050. The lowest BCUT2D eigenvalue weighted by Crippen LogP contribution is -2.43. The number of fused-ring (bicyclic) bond motifs is 1. The second kappa shape index (κ2) is 7.22. The van der Waals surface area contributed by atoms with Crippen LogP contribution >= 0.6 is 0 Å². The van der Waals surface area contributed by atoms with Crippen molar-refractivity contribution in [1.29, 1.82) is 0 Å². The van der Waals surface area contributed by atoms with Gasteiger partial charge < -0.3 is 30.8 Å². The highest BCUT2D eigenvalue weighted by molar-refractivity contribution is 6.03. The molecule has 1 aliphatic carbocycles. The number of anilines is 2. The molecule has 0 spiro atoms. The van der Waals surface area contributed by atoms with Crippen LogP contribution in [0.15, 0.2) is 11.0 Å². The third-order valence-electron chi connectivity index (χ3n) is 5.61. The summed E-state index contributed by atoms with van der Waals surface area (Å²) in [6.07, 6.45) is 4.65. The first-order chi connectivity index (χ1) is 13.8. The van der Waals surface area contributed by atoms with Crippen molar-refractivity contribution in [2.24, 2.45) is 5.73 Å². The summed E-state index contributed by atoms with van der Waals surface area (Å²) in [7, 11) is 0. The molecule has 1 atom stereocenters. The Hall–Kier alpha value is -2.81. The number of hydrogen-bond donors (Lipinski definition) is 3. The highest BCUT2D eigenvalue weighted by atomic mass is 19.1. The van der Waals surface area contributed by atoms with Crippen molar-refractivity contribution in [3.05, 3.63) is 27.8 Å². The number of carbonyl (C=O) groups is 1. The van der Waals surface area contributed by atoms with Crippen LogP contribution < -0.4 is 26.5 Å². The maximum atomic E-state index is 15.5. The normalized spacial score (nSPS) is 19.6. The lowest BCUT2D eigenvalue weighted by atomic mass is 10.0. The van der Waals surface area contributed by atoms with Crippen LogP contribution in [0.5, 0.6) is 5.75 Å². The van der Waals surface area contributed by atoms with Crippen molar-refractivity contribution < 1.29 is 19.0 Å². The van der Waals surface area contributed by atoms with E-state index in [1.54, 1.807) is 11.5 Å². The second-order valence-corrected chi connectivity index (χ2v) is 7.73. The molecule has 1 unspecified atom stereocenters. The number of aromatic nitrogens is 1. The first-order valence-electron chi connectivity index (χ1n) is 9.91. The van der Waals surface area contributed by atoms with E-state index in [0.717, 1.165) is 25.7 Å². The quantitative estimate of drug-likeness (QED) is 0.652. The van der Waals surface area contributed by atoms with Gasteiger partial charge in [-0.2, -0.15) is 0 Å². The van der Waals surface area contributed by atoms with E-state index in [-0.39, 0.29) is 41.2 Å². The minimum atomic E-state index is -1.37. The molecule has 29 heavy (non-hydrogen) atoms. The van der Waals surface area contributed by atoms with Crippen LogP contribution in [0.3, 0.4) is 0 Å². The summed E-state index contributed by atoms with van der Waals surface area (Å²) in [5, 5.41) is 9.33. The fraction of sp³-hybridized carbons (Fsp3) is 0.500. The zero-order chi connectivity index (χ0) is 20.9. The zero-order valence-corrected chi connectivity index (χ0v) is 16.3. The van der Waals surface area contributed by atoms with E-state index in [0.29, 0.717) is 18.6 Å². The Morgan fingerprint density at radius 2 is 2.10 bits per heavy atom. The van der Waals surface area contributed by atoms with Gasteiger partial charge in [0, 0.05) is 31.4 Å². The summed E-state index contributed by atoms with van der Waals surface area (Å²) in [5.74, 6) is -1.91. The van der Waals surface area contributed by atoms with Crippen LogP contribution in [0.4, 0.5) is 15.8 Å². The fourth-order valence-electron chi connectivity index (χ4n) is 4.13.